The molecule has 3 heteroatoms. The fourth-order valence-electron chi connectivity index (χ4n) is 2.48. The molecule has 1 aromatic rings. The summed E-state index contributed by atoms with van der Waals surface area (Å²) in [6, 6.07) is 10.4. The van der Waals surface area contributed by atoms with Gasteiger partial charge in [-0.15, -0.1) is 0 Å². The number of benzene rings is 1. The third kappa shape index (κ3) is 3.57. The van der Waals surface area contributed by atoms with E-state index in [1.54, 1.807) is 0 Å². The minimum absolute atomic E-state index is 0.101. The molecule has 2 unspecified atom stereocenters. The molecule has 0 aromatic heterocycles. The summed E-state index contributed by atoms with van der Waals surface area (Å²) in [6.07, 6.45) is 2.06. The van der Waals surface area contributed by atoms with Crippen molar-refractivity contribution in [1.29, 1.82) is 0 Å². The van der Waals surface area contributed by atoms with E-state index in [0.29, 0.717) is 5.92 Å². The van der Waals surface area contributed by atoms with Crippen LogP contribution in [0.3, 0.4) is 0 Å². The maximum Gasteiger partial charge on any atom is 0.223 e. The Morgan fingerprint density at radius 1 is 1.37 bits per heavy atom. The van der Waals surface area contributed by atoms with Gasteiger partial charge < -0.3 is 10.6 Å². The van der Waals surface area contributed by atoms with Crippen molar-refractivity contribution in [3.8, 4) is 0 Å². The van der Waals surface area contributed by atoms with Gasteiger partial charge in [-0.2, -0.15) is 0 Å². The van der Waals surface area contributed by atoms with E-state index in [1.807, 2.05) is 25.1 Å². The Morgan fingerprint density at radius 3 is 2.58 bits per heavy atom. The van der Waals surface area contributed by atoms with Gasteiger partial charge in [0.05, 0.1) is 6.04 Å². The van der Waals surface area contributed by atoms with Crippen LogP contribution in [0.5, 0.6) is 0 Å². The van der Waals surface area contributed by atoms with Crippen molar-refractivity contribution in [2.45, 2.75) is 32.7 Å². The third-order valence-corrected chi connectivity index (χ3v) is 4.03. The second kappa shape index (κ2) is 6.71. The van der Waals surface area contributed by atoms with E-state index >= 15 is 0 Å². The highest BCUT2D eigenvalue weighted by molar-refractivity contribution is 5.79. The third-order valence-electron chi connectivity index (χ3n) is 4.03. The van der Waals surface area contributed by atoms with Crippen molar-refractivity contribution in [3.63, 3.8) is 0 Å². The predicted molar refractivity (Wildman–Crippen MR) is 77.8 cm³/mol. The first kappa shape index (κ1) is 14.1. The number of carbonyl (C=O) groups is 1. The van der Waals surface area contributed by atoms with Gasteiger partial charge in [0.25, 0.3) is 0 Å². The molecule has 1 saturated heterocycles. The van der Waals surface area contributed by atoms with Crippen LogP contribution >= 0.6 is 0 Å². The lowest BCUT2D eigenvalue weighted by atomic mass is 9.88. The SMILES string of the molecule is CCCC(NC(=O)C(C)C1CNC1)c1ccccc1. The molecule has 1 aliphatic heterocycles. The molecule has 3 nitrogen and oxygen atoms in total. The first-order valence-corrected chi connectivity index (χ1v) is 7.28. The Bertz CT molecular complexity index is 400. The Labute approximate surface area is 115 Å². The maximum absolute atomic E-state index is 12.3. The summed E-state index contributed by atoms with van der Waals surface area (Å²) in [5.41, 5.74) is 1.21. The van der Waals surface area contributed by atoms with Crippen LogP contribution in [0, 0.1) is 11.8 Å². The monoisotopic (exact) mass is 260 g/mol. The molecule has 0 saturated carbocycles. The lowest BCUT2D eigenvalue weighted by molar-refractivity contribution is -0.127. The Morgan fingerprint density at radius 2 is 2.05 bits per heavy atom. The second-order valence-corrected chi connectivity index (χ2v) is 5.47. The number of nitrogens with one attached hydrogen (secondary N) is 2. The van der Waals surface area contributed by atoms with Crippen molar-refractivity contribution in [1.82, 2.24) is 10.6 Å². The Hall–Kier alpha value is -1.35. The topological polar surface area (TPSA) is 41.1 Å². The van der Waals surface area contributed by atoms with E-state index in [9.17, 15) is 4.79 Å². The van der Waals surface area contributed by atoms with Crippen LogP contribution < -0.4 is 10.6 Å². The van der Waals surface area contributed by atoms with Gasteiger partial charge >= 0.3 is 0 Å². The largest absolute Gasteiger partial charge is 0.349 e. The molecule has 1 fully saturated rings. The molecule has 0 radical (unpaired) electrons. The van der Waals surface area contributed by atoms with Crippen LogP contribution in [0.1, 0.15) is 38.3 Å². The van der Waals surface area contributed by atoms with Crippen LogP contribution in [0.15, 0.2) is 30.3 Å². The molecule has 104 valence electrons. The van der Waals surface area contributed by atoms with Crippen LogP contribution in [-0.4, -0.2) is 19.0 Å². The van der Waals surface area contributed by atoms with E-state index < -0.39 is 0 Å². The van der Waals surface area contributed by atoms with E-state index in [1.165, 1.54) is 5.56 Å². The van der Waals surface area contributed by atoms with Gasteiger partial charge in [-0.05, 0) is 31.0 Å². The first-order valence-electron chi connectivity index (χ1n) is 7.28. The molecule has 1 amide bonds. The van der Waals surface area contributed by atoms with Crippen molar-refractivity contribution < 1.29 is 4.79 Å². The molecule has 0 bridgehead atoms. The number of hydrogen-bond donors (Lipinski definition) is 2. The summed E-state index contributed by atoms with van der Waals surface area (Å²) in [7, 11) is 0. The lowest BCUT2D eigenvalue weighted by Gasteiger charge is -2.32. The van der Waals surface area contributed by atoms with Crippen LogP contribution in [0.2, 0.25) is 0 Å². The molecular formula is C16H24N2O. The predicted octanol–water partition coefficient (Wildman–Crippen LogP) is 2.50. The zero-order valence-corrected chi connectivity index (χ0v) is 11.9. The first-order chi connectivity index (χ1) is 9.22. The average Bonchev–Trinajstić information content (AvgIpc) is 2.37. The molecule has 2 atom stereocenters. The Balaban J connectivity index is 1.98. The van der Waals surface area contributed by atoms with E-state index in [0.717, 1.165) is 25.9 Å². The van der Waals surface area contributed by atoms with Gasteiger partial charge in [-0.3, -0.25) is 4.79 Å². The number of carbonyl (C=O) groups excluding carboxylic acids is 1. The fraction of sp³-hybridized carbons (Fsp3) is 0.562. The number of hydrogen-bond acceptors (Lipinski definition) is 2. The average molecular weight is 260 g/mol. The van der Waals surface area contributed by atoms with Gasteiger partial charge in [-0.25, -0.2) is 0 Å². The molecule has 2 N–H and O–H groups in total. The Kier molecular flexibility index (Phi) is 4.97. The van der Waals surface area contributed by atoms with Gasteiger partial charge in [-0.1, -0.05) is 50.6 Å². The molecule has 0 spiro atoms. The quantitative estimate of drug-likeness (QED) is 0.825. The van der Waals surface area contributed by atoms with Crippen LogP contribution in [0.25, 0.3) is 0 Å². The molecule has 0 aliphatic carbocycles. The highest BCUT2D eigenvalue weighted by Crippen LogP contribution is 2.21. The summed E-state index contributed by atoms with van der Waals surface area (Å²) in [4.78, 5) is 12.3. The van der Waals surface area contributed by atoms with Crippen molar-refractivity contribution in [2.24, 2.45) is 11.8 Å². The van der Waals surface area contributed by atoms with E-state index in [4.69, 9.17) is 0 Å². The van der Waals surface area contributed by atoms with Gasteiger partial charge in [0.15, 0.2) is 0 Å². The number of rotatable bonds is 6. The molecule has 1 heterocycles. The molecule has 1 aliphatic rings. The number of amides is 1. The summed E-state index contributed by atoms with van der Waals surface area (Å²) in [6.45, 7) is 6.13. The summed E-state index contributed by atoms with van der Waals surface area (Å²) in [5.74, 6) is 0.788. The molecule has 2 rings (SSSR count). The lowest BCUT2D eigenvalue weighted by Crippen LogP contribution is -2.50. The highest BCUT2D eigenvalue weighted by Gasteiger charge is 2.29. The summed E-state index contributed by atoms with van der Waals surface area (Å²) in [5, 5.41) is 6.44. The van der Waals surface area contributed by atoms with Crippen molar-refractivity contribution in [2.75, 3.05) is 13.1 Å². The molecular weight excluding hydrogens is 236 g/mol. The summed E-state index contributed by atoms with van der Waals surface area (Å²) < 4.78 is 0. The maximum atomic E-state index is 12.3. The van der Waals surface area contributed by atoms with E-state index in [-0.39, 0.29) is 17.9 Å². The van der Waals surface area contributed by atoms with Crippen molar-refractivity contribution in [3.05, 3.63) is 35.9 Å². The van der Waals surface area contributed by atoms with E-state index in [2.05, 4.69) is 29.7 Å². The van der Waals surface area contributed by atoms with Gasteiger partial charge in [0, 0.05) is 5.92 Å². The normalized spacial score (nSPS) is 18.4. The molecule has 19 heavy (non-hydrogen) atoms. The highest BCUT2D eigenvalue weighted by atomic mass is 16.1. The minimum atomic E-state index is 0.101. The minimum Gasteiger partial charge on any atom is -0.349 e. The zero-order chi connectivity index (χ0) is 13.7. The smallest absolute Gasteiger partial charge is 0.223 e. The standard InChI is InChI=1S/C16H24N2O/c1-3-7-15(13-8-5-4-6-9-13)18-16(19)12(2)14-10-17-11-14/h4-6,8-9,12,14-15,17H,3,7,10-11H2,1-2H3,(H,18,19). The van der Waals surface area contributed by atoms with Crippen LogP contribution in [0.4, 0.5) is 0 Å². The second-order valence-electron chi connectivity index (χ2n) is 5.47. The van der Waals surface area contributed by atoms with Gasteiger partial charge in [0.1, 0.15) is 0 Å². The molecule has 1 aromatic carbocycles. The fourth-order valence-corrected chi connectivity index (χ4v) is 2.48. The zero-order valence-electron chi connectivity index (χ0n) is 11.9. The van der Waals surface area contributed by atoms with Crippen molar-refractivity contribution >= 4 is 5.91 Å². The summed E-state index contributed by atoms with van der Waals surface area (Å²) >= 11 is 0. The van der Waals surface area contributed by atoms with Gasteiger partial charge in [0.2, 0.25) is 5.91 Å². The van der Waals surface area contributed by atoms with Crippen LogP contribution in [-0.2, 0) is 4.79 Å².